The van der Waals surface area contributed by atoms with Crippen molar-refractivity contribution in [2.24, 2.45) is 17.3 Å². The summed E-state index contributed by atoms with van der Waals surface area (Å²) in [4.78, 5) is 0. The van der Waals surface area contributed by atoms with Crippen molar-refractivity contribution in [3.63, 3.8) is 0 Å². The van der Waals surface area contributed by atoms with Crippen LogP contribution in [0.1, 0.15) is 65.2 Å². The highest BCUT2D eigenvalue weighted by Gasteiger charge is 2.42. The van der Waals surface area contributed by atoms with Gasteiger partial charge in [-0.05, 0) is 42.6 Å². The molecule has 0 N–H and O–H groups in total. The van der Waals surface area contributed by atoms with Crippen LogP contribution < -0.4 is 0 Å². The molecular weight excluding hydrogens is 208 g/mol. The first-order valence-electron chi connectivity index (χ1n) is 7.41. The van der Waals surface area contributed by atoms with Gasteiger partial charge in [-0.1, -0.05) is 39.5 Å². The Hall–Kier alpha value is -0.460. The number of methoxy groups -OCH3 is 1. The fourth-order valence-electron chi connectivity index (χ4n) is 3.97. The van der Waals surface area contributed by atoms with Crippen molar-refractivity contribution in [1.82, 2.24) is 0 Å². The van der Waals surface area contributed by atoms with Crippen molar-refractivity contribution in [2.45, 2.75) is 65.2 Å². The Bertz CT molecular complexity index is 281. The first kappa shape index (κ1) is 13.0. The second-order valence-corrected chi connectivity index (χ2v) is 6.43. The molecule has 98 valence electrons. The molecule has 1 saturated carbocycles. The molecule has 0 aromatic rings. The maximum absolute atomic E-state index is 5.48. The Morgan fingerprint density at radius 3 is 2.94 bits per heavy atom. The van der Waals surface area contributed by atoms with Crippen LogP contribution in [-0.2, 0) is 4.74 Å². The summed E-state index contributed by atoms with van der Waals surface area (Å²) in [5.41, 5.74) is 0.525. The van der Waals surface area contributed by atoms with Crippen molar-refractivity contribution in [3.8, 4) is 0 Å². The van der Waals surface area contributed by atoms with Crippen LogP contribution in [0.3, 0.4) is 0 Å². The van der Waals surface area contributed by atoms with E-state index in [-0.39, 0.29) is 0 Å². The lowest BCUT2D eigenvalue weighted by molar-refractivity contribution is 0.0459. The Morgan fingerprint density at radius 1 is 1.41 bits per heavy atom. The number of hydrogen-bond donors (Lipinski definition) is 0. The number of rotatable bonds is 4. The molecule has 0 spiro atoms. The Kier molecular flexibility index (Phi) is 4.17. The molecule has 0 bridgehead atoms. The van der Waals surface area contributed by atoms with Crippen molar-refractivity contribution in [1.29, 1.82) is 0 Å². The minimum atomic E-state index is 0.525. The van der Waals surface area contributed by atoms with Crippen LogP contribution in [0.5, 0.6) is 0 Å². The van der Waals surface area contributed by atoms with Gasteiger partial charge in [0.1, 0.15) is 0 Å². The van der Waals surface area contributed by atoms with Crippen LogP contribution >= 0.6 is 0 Å². The molecule has 1 nitrogen and oxygen atoms in total. The number of hydrogen-bond acceptors (Lipinski definition) is 1. The van der Waals surface area contributed by atoms with E-state index in [0.29, 0.717) is 5.41 Å². The summed E-state index contributed by atoms with van der Waals surface area (Å²) in [6, 6.07) is 0. The van der Waals surface area contributed by atoms with E-state index in [2.05, 4.69) is 19.9 Å². The third-order valence-electron chi connectivity index (χ3n) is 5.10. The summed E-state index contributed by atoms with van der Waals surface area (Å²) in [6.07, 6.45) is 13.3. The maximum Gasteiger partial charge on any atom is 0.0921 e. The molecule has 3 atom stereocenters. The van der Waals surface area contributed by atoms with Crippen LogP contribution in [-0.4, -0.2) is 7.11 Å². The minimum absolute atomic E-state index is 0.525. The van der Waals surface area contributed by atoms with E-state index in [1.54, 1.807) is 0 Å². The summed E-state index contributed by atoms with van der Waals surface area (Å²) < 4.78 is 5.48. The monoisotopic (exact) mass is 236 g/mol. The van der Waals surface area contributed by atoms with E-state index in [1.165, 1.54) is 57.1 Å². The predicted molar refractivity (Wildman–Crippen MR) is 72.8 cm³/mol. The third kappa shape index (κ3) is 2.86. The molecule has 2 rings (SSSR count). The Morgan fingerprint density at radius 2 is 2.24 bits per heavy atom. The summed E-state index contributed by atoms with van der Waals surface area (Å²) in [5.74, 6) is 3.13. The highest BCUT2D eigenvalue weighted by molar-refractivity contribution is 5.08. The van der Waals surface area contributed by atoms with E-state index in [0.717, 1.165) is 11.8 Å². The molecule has 0 radical (unpaired) electrons. The van der Waals surface area contributed by atoms with E-state index in [4.69, 9.17) is 4.74 Å². The molecule has 0 saturated heterocycles. The highest BCUT2D eigenvalue weighted by Crippen LogP contribution is 2.52. The summed E-state index contributed by atoms with van der Waals surface area (Å²) in [5, 5.41) is 0. The van der Waals surface area contributed by atoms with Crippen LogP contribution in [0, 0.1) is 17.3 Å². The van der Waals surface area contributed by atoms with Crippen LogP contribution in [0.25, 0.3) is 0 Å². The van der Waals surface area contributed by atoms with Gasteiger partial charge in [0.05, 0.1) is 12.9 Å². The van der Waals surface area contributed by atoms with E-state index in [9.17, 15) is 0 Å². The van der Waals surface area contributed by atoms with Gasteiger partial charge >= 0.3 is 0 Å². The SMILES string of the molecule is CCCCC1CCC2CC=C(OC)CC2(C)C1. The summed E-state index contributed by atoms with van der Waals surface area (Å²) in [6.45, 7) is 4.81. The minimum Gasteiger partial charge on any atom is -0.501 e. The number of fused-ring (bicyclic) bond motifs is 1. The summed E-state index contributed by atoms with van der Waals surface area (Å²) >= 11 is 0. The standard InChI is InChI=1S/C16H28O/c1-4-5-6-13-7-8-14-9-10-15(17-3)12-16(14,2)11-13/h10,13-14H,4-9,11-12H2,1-3H3. The second-order valence-electron chi connectivity index (χ2n) is 6.43. The molecule has 17 heavy (non-hydrogen) atoms. The zero-order chi connectivity index (χ0) is 12.3. The second kappa shape index (κ2) is 5.46. The molecule has 0 aromatic heterocycles. The first-order valence-corrected chi connectivity index (χ1v) is 7.41. The Balaban J connectivity index is 1.98. The number of allylic oxidation sites excluding steroid dienone is 2. The van der Waals surface area contributed by atoms with Crippen molar-refractivity contribution in [2.75, 3.05) is 7.11 Å². The zero-order valence-electron chi connectivity index (χ0n) is 11.8. The fraction of sp³-hybridized carbons (Fsp3) is 0.875. The van der Waals surface area contributed by atoms with E-state index < -0.39 is 0 Å². The topological polar surface area (TPSA) is 9.23 Å². The lowest BCUT2D eigenvalue weighted by Crippen LogP contribution is -2.37. The molecule has 0 aromatic carbocycles. The van der Waals surface area contributed by atoms with Gasteiger partial charge in [-0.3, -0.25) is 0 Å². The largest absolute Gasteiger partial charge is 0.501 e. The molecule has 1 heteroatoms. The normalized spacial score (nSPS) is 37.2. The van der Waals surface area contributed by atoms with Crippen molar-refractivity contribution in [3.05, 3.63) is 11.8 Å². The summed E-state index contributed by atoms with van der Waals surface area (Å²) in [7, 11) is 1.83. The van der Waals surface area contributed by atoms with Crippen molar-refractivity contribution < 1.29 is 4.74 Å². The van der Waals surface area contributed by atoms with Gasteiger partial charge in [-0.2, -0.15) is 0 Å². The maximum atomic E-state index is 5.48. The number of ether oxygens (including phenoxy) is 1. The molecule has 0 amide bonds. The van der Waals surface area contributed by atoms with Crippen LogP contribution in [0.2, 0.25) is 0 Å². The van der Waals surface area contributed by atoms with Gasteiger partial charge in [-0.15, -0.1) is 0 Å². The molecule has 2 aliphatic carbocycles. The predicted octanol–water partition coefficient (Wildman–Crippen LogP) is 4.92. The zero-order valence-corrected chi connectivity index (χ0v) is 11.8. The quantitative estimate of drug-likeness (QED) is 0.673. The molecule has 1 fully saturated rings. The van der Waals surface area contributed by atoms with Gasteiger partial charge in [0, 0.05) is 6.42 Å². The van der Waals surface area contributed by atoms with Crippen LogP contribution in [0.15, 0.2) is 11.8 Å². The average Bonchev–Trinajstić information content (AvgIpc) is 2.34. The van der Waals surface area contributed by atoms with Crippen molar-refractivity contribution >= 4 is 0 Å². The first-order chi connectivity index (χ1) is 8.18. The van der Waals surface area contributed by atoms with E-state index in [1.807, 2.05) is 7.11 Å². The van der Waals surface area contributed by atoms with Gasteiger partial charge in [0.25, 0.3) is 0 Å². The average molecular weight is 236 g/mol. The molecular formula is C16H28O. The van der Waals surface area contributed by atoms with Gasteiger partial charge in [-0.25, -0.2) is 0 Å². The lowest BCUT2D eigenvalue weighted by atomic mass is 9.59. The Labute approximate surface area is 107 Å². The fourth-order valence-corrected chi connectivity index (χ4v) is 3.97. The number of unbranched alkanes of at least 4 members (excludes halogenated alkanes) is 1. The van der Waals surface area contributed by atoms with Crippen LogP contribution in [0.4, 0.5) is 0 Å². The smallest absolute Gasteiger partial charge is 0.0921 e. The highest BCUT2D eigenvalue weighted by atomic mass is 16.5. The van der Waals surface area contributed by atoms with Gasteiger partial charge < -0.3 is 4.74 Å². The lowest BCUT2D eigenvalue weighted by Gasteiger charge is -2.47. The molecule has 2 aliphatic rings. The van der Waals surface area contributed by atoms with E-state index >= 15 is 0 Å². The third-order valence-corrected chi connectivity index (χ3v) is 5.10. The van der Waals surface area contributed by atoms with Gasteiger partial charge in [0.15, 0.2) is 0 Å². The molecule has 0 aliphatic heterocycles. The van der Waals surface area contributed by atoms with Gasteiger partial charge in [0.2, 0.25) is 0 Å². The molecule has 3 unspecified atom stereocenters. The molecule has 0 heterocycles.